The van der Waals surface area contributed by atoms with Crippen molar-refractivity contribution in [2.24, 2.45) is 0 Å². The van der Waals surface area contributed by atoms with Crippen molar-refractivity contribution in [2.75, 3.05) is 21.0 Å². The highest BCUT2D eigenvalue weighted by molar-refractivity contribution is 5.96. The van der Waals surface area contributed by atoms with Crippen LogP contribution < -0.4 is 29.6 Å². The molecule has 2 amide bonds. The highest BCUT2D eigenvalue weighted by Gasteiger charge is 2.21. The lowest BCUT2D eigenvalue weighted by atomic mass is 10.1. The second kappa shape index (κ2) is 9.51. The number of hydrogen-bond acceptors (Lipinski definition) is 8. The summed E-state index contributed by atoms with van der Waals surface area (Å²) in [6.07, 6.45) is 0. The van der Waals surface area contributed by atoms with E-state index in [1.165, 1.54) is 13.2 Å². The third-order valence-electron chi connectivity index (χ3n) is 5.06. The quantitative estimate of drug-likeness (QED) is 0.534. The first-order valence-corrected chi connectivity index (χ1v) is 10.1. The van der Waals surface area contributed by atoms with Crippen LogP contribution in [0, 0.1) is 0 Å². The van der Waals surface area contributed by atoms with E-state index in [-0.39, 0.29) is 24.9 Å². The summed E-state index contributed by atoms with van der Waals surface area (Å²) in [5.41, 5.74) is 1.46. The summed E-state index contributed by atoms with van der Waals surface area (Å²) in [4.78, 5) is 25.0. The van der Waals surface area contributed by atoms with Crippen LogP contribution in [-0.4, -0.2) is 44.0 Å². The Balaban J connectivity index is 1.36. The first kappa shape index (κ1) is 22.0. The van der Waals surface area contributed by atoms with Gasteiger partial charge in [-0.3, -0.25) is 9.59 Å². The molecular weight excluding hydrogens is 430 g/mol. The summed E-state index contributed by atoms with van der Waals surface area (Å²) in [5.74, 6) is 1.88. The molecule has 10 heteroatoms. The molecule has 0 unspecified atom stereocenters. The number of amides is 2. The summed E-state index contributed by atoms with van der Waals surface area (Å²) in [5, 5.41) is 9.22. The third-order valence-corrected chi connectivity index (χ3v) is 5.06. The van der Waals surface area contributed by atoms with Gasteiger partial charge in [-0.15, -0.1) is 0 Å². The fraction of sp³-hybridized carbons (Fsp3) is 0.261. The van der Waals surface area contributed by atoms with Gasteiger partial charge in [-0.25, -0.2) is 0 Å². The highest BCUT2D eigenvalue weighted by atomic mass is 16.7. The lowest BCUT2D eigenvalue weighted by molar-refractivity contribution is -0.122. The number of methoxy groups -OCH3 is 2. The molecule has 1 atom stereocenters. The van der Waals surface area contributed by atoms with Crippen LogP contribution in [0.15, 0.2) is 47.0 Å². The van der Waals surface area contributed by atoms with Crippen molar-refractivity contribution in [3.63, 3.8) is 0 Å². The van der Waals surface area contributed by atoms with Crippen LogP contribution in [0.5, 0.6) is 23.0 Å². The molecule has 0 aliphatic carbocycles. The van der Waals surface area contributed by atoms with Crippen molar-refractivity contribution in [2.45, 2.75) is 19.5 Å². The van der Waals surface area contributed by atoms with Gasteiger partial charge in [0.1, 0.15) is 17.5 Å². The molecule has 172 valence electrons. The fourth-order valence-corrected chi connectivity index (χ4v) is 3.25. The normalized spacial score (nSPS) is 12.7. The van der Waals surface area contributed by atoms with E-state index in [0.29, 0.717) is 34.3 Å². The Hall–Kier alpha value is -4.21. The predicted molar refractivity (Wildman–Crippen MR) is 116 cm³/mol. The number of rotatable bonds is 8. The average Bonchev–Trinajstić information content (AvgIpc) is 3.51. The molecule has 2 N–H and O–H groups in total. The smallest absolute Gasteiger partial charge is 0.274 e. The third kappa shape index (κ3) is 4.84. The number of nitrogens with one attached hydrogen (secondary N) is 2. The first-order valence-electron chi connectivity index (χ1n) is 10.1. The monoisotopic (exact) mass is 453 g/mol. The molecule has 2 aromatic carbocycles. The van der Waals surface area contributed by atoms with Gasteiger partial charge in [0.15, 0.2) is 23.0 Å². The Labute approximate surface area is 189 Å². The minimum absolute atomic E-state index is 0.0327. The van der Waals surface area contributed by atoms with Gasteiger partial charge in [-0.2, -0.15) is 0 Å². The molecule has 33 heavy (non-hydrogen) atoms. The second-order valence-corrected chi connectivity index (χ2v) is 7.24. The standard InChI is InChI=1S/C23H23N3O7/c1-13(22(27)24-11-14-4-6-19-21(8-14)32-12-31-19)25-23(28)17-10-20(33-26-17)16-9-15(29-2)5-7-18(16)30-3/h4-10,13H,11-12H2,1-3H3,(H,24,27)(H,25,28)/t13-/m0/s1. The Bertz CT molecular complexity index is 1170. The molecule has 10 nitrogen and oxygen atoms in total. The van der Waals surface area contributed by atoms with E-state index in [1.54, 1.807) is 44.4 Å². The molecule has 1 aromatic heterocycles. The summed E-state index contributed by atoms with van der Waals surface area (Å²) >= 11 is 0. The number of benzene rings is 2. The van der Waals surface area contributed by atoms with E-state index >= 15 is 0 Å². The van der Waals surface area contributed by atoms with Crippen molar-refractivity contribution < 1.29 is 33.1 Å². The maximum absolute atomic E-state index is 12.6. The molecule has 0 fully saturated rings. The molecule has 0 spiro atoms. The summed E-state index contributed by atoms with van der Waals surface area (Å²) < 4.78 is 26.5. The number of hydrogen-bond donors (Lipinski definition) is 2. The van der Waals surface area contributed by atoms with Gasteiger partial charge in [-0.1, -0.05) is 11.2 Å². The Kier molecular flexibility index (Phi) is 6.34. The van der Waals surface area contributed by atoms with E-state index in [9.17, 15) is 9.59 Å². The number of aromatic nitrogens is 1. The highest BCUT2D eigenvalue weighted by Crippen LogP contribution is 2.34. The van der Waals surface area contributed by atoms with Gasteiger partial charge in [-0.05, 0) is 42.8 Å². The Morgan fingerprint density at radius 2 is 1.88 bits per heavy atom. The molecule has 0 saturated heterocycles. The summed E-state index contributed by atoms with van der Waals surface area (Å²) in [6, 6.07) is 11.3. The van der Waals surface area contributed by atoms with Crippen LogP contribution in [-0.2, 0) is 11.3 Å². The van der Waals surface area contributed by atoms with E-state index in [0.717, 1.165) is 5.56 Å². The Morgan fingerprint density at radius 3 is 2.67 bits per heavy atom. The van der Waals surface area contributed by atoms with Crippen molar-refractivity contribution in [3.05, 3.63) is 53.7 Å². The summed E-state index contributed by atoms with van der Waals surface area (Å²) in [6.45, 7) is 2.04. The second-order valence-electron chi connectivity index (χ2n) is 7.24. The topological polar surface area (TPSA) is 121 Å². The molecule has 0 radical (unpaired) electrons. The maximum atomic E-state index is 12.6. The molecule has 1 aliphatic heterocycles. The minimum Gasteiger partial charge on any atom is -0.497 e. The molecule has 0 saturated carbocycles. The van der Waals surface area contributed by atoms with Gasteiger partial charge in [0.05, 0.1) is 19.8 Å². The average molecular weight is 453 g/mol. The van der Waals surface area contributed by atoms with E-state index in [4.69, 9.17) is 23.5 Å². The van der Waals surface area contributed by atoms with E-state index in [1.807, 2.05) is 6.07 Å². The number of carbonyl (C=O) groups excluding carboxylic acids is 2. The zero-order chi connectivity index (χ0) is 23.4. The van der Waals surface area contributed by atoms with Crippen molar-refractivity contribution in [3.8, 4) is 34.3 Å². The molecule has 0 bridgehead atoms. The van der Waals surface area contributed by atoms with Crippen LogP contribution in [0.25, 0.3) is 11.3 Å². The van der Waals surface area contributed by atoms with Gasteiger partial charge in [0, 0.05) is 12.6 Å². The summed E-state index contributed by atoms with van der Waals surface area (Å²) in [7, 11) is 3.07. The predicted octanol–water partition coefficient (Wildman–Crippen LogP) is 2.52. The van der Waals surface area contributed by atoms with Crippen molar-refractivity contribution in [1.82, 2.24) is 15.8 Å². The fourth-order valence-electron chi connectivity index (χ4n) is 3.25. The lowest BCUT2D eigenvalue weighted by Gasteiger charge is -2.13. The van der Waals surface area contributed by atoms with Crippen LogP contribution in [0.3, 0.4) is 0 Å². The number of nitrogens with zero attached hydrogens (tertiary/aromatic N) is 1. The van der Waals surface area contributed by atoms with Crippen molar-refractivity contribution >= 4 is 11.8 Å². The van der Waals surface area contributed by atoms with E-state index < -0.39 is 11.9 Å². The van der Waals surface area contributed by atoms with Gasteiger partial charge in [0.2, 0.25) is 12.7 Å². The number of carbonyl (C=O) groups is 2. The zero-order valence-electron chi connectivity index (χ0n) is 18.3. The SMILES string of the molecule is COc1ccc(OC)c(-c2cc(C(=O)N[C@@H](C)C(=O)NCc3ccc4c(c3)OCO4)no2)c1. The maximum Gasteiger partial charge on any atom is 0.274 e. The van der Waals surface area contributed by atoms with Gasteiger partial charge in [0.25, 0.3) is 5.91 Å². The minimum atomic E-state index is -0.794. The largest absolute Gasteiger partial charge is 0.497 e. The van der Waals surface area contributed by atoms with Crippen LogP contribution >= 0.6 is 0 Å². The van der Waals surface area contributed by atoms with Crippen LogP contribution in [0.1, 0.15) is 23.0 Å². The van der Waals surface area contributed by atoms with Crippen LogP contribution in [0.2, 0.25) is 0 Å². The van der Waals surface area contributed by atoms with Crippen LogP contribution in [0.4, 0.5) is 0 Å². The molecule has 4 rings (SSSR count). The first-order chi connectivity index (χ1) is 16.0. The van der Waals surface area contributed by atoms with Gasteiger partial charge >= 0.3 is 0 Å². The molecule has 2 heterocycles. The number of fused-ring (bicyclic) bond motifs is 1. The molecular formula is C23H23N3O7. The van der Waals surface area contributed by atoms with E-state index in [2.05, 4.69) is 15.8 Å². The molecule has 1 aliphatic rings. The number of ether oxygens (including phenoxy) is 4. The van der Waals surface area contributed by atoms with Crippen molar-refractivity contribution in [1.29, 1.82) is 0 Å². The molecule has 3 aromatic rings. The Morgan fingerprint density at radius 1 is 1.06 bits per heavy atom. The lowest BCUT2D eigenvalue weighted by Crippen LogP contribution is -2.44. The zero-order valence-corrected chi connectivity index (χ0v) is 18.3. The van der Waals surface area contributed by atoms with Gasteiger partial charge < -0.3 is 34.1 Å².